The summed E-state index contributed by atoms with van der Waals surface area (Å²) in [6, 6.07) is 9.54. The average Bonchev–Trinajstić information content (AvgIpc) is 2.27. The summed E-state index contributed by atoms with van der Waals surface area (Å²) in [6.07, 6.45) is 0.327. The van der Waals surface area contributed by atoms with Crippen molar-refractivity contribution in [3.63, 3.8) is 0 Å². The van der Waals surface area contributed by atoms with E-state index >= 15 is 0 Å². The Morgan fingerprint density at radius 1 is 1.26 bits per heavy atom. The van der Waals surface area contributed by atoms with Crippen LogP contribution in [0, 0.1) is 0 Å². The maximum Gasteiger partial charge on any atom is 0.305 e. The summed E-state index contributed by atoms with van der Waals surface area (Å²) in [5, 5.41) is 11.5. The van der Waals surface area contributed by atoms with Crippen molar-refractivity contribution in [2.24, 2.45) is 0 Å². The van der Waals surface area contributed by atoms with E-state index in [0.717, 1.165) is 5.56 Å². The van der Waals surface area contributed by atoms with Gasteiger partial charge in [0.1, 0.15) is 0 Å². The van der Waals surface area contributed by atoms with Crippen LogP contribution in [-0.2, 0) is 16.0 Å². The number of carbonyl (C=O) groups excluding carboxylic acids is 1. The second-order valence-corrected chi connectivity index (χ2v) is 5.17. The number of hydrogen-bond acceptors (Lipinski definition) is 2. The summed E-state index contributed by atoms with van der Waals surface area (Å²) in [6.45, 7) is 7.10. The third kappa shape index (κ3) is 5.38. The standard InChI is InChI=1S/C15H19NO3/c1-11(9-12-7-5-4-6-8-12)14(19)16-15(2,3)10-13(17)18/h4-8H,1,9-10H2,2-3H3,(H,16,19)(H,17,18). The van der Waals surface area contributed by atoms with Crippen molar-refractivity contribution < 1.29 is 14.7 Å². The molecule has 0 radical (unpaired) electrons. The SMILES string of the molecule is C=C(Cc1ccccc1)C(=O)NC(C)(C)CC(=O)O. The lowest BCUT2D eigenvalue weighted by Crippen LogP contribution is -2.45. The average molecular weight is 261 g/mol. The van der Waals surface area contributed by atoms with Gasteiger partial charge in [0.05, 0.1) is 6.42 Å². The maximum absolute atomic E-state index is 11.9. The first kappa shape index (κ1) is 15.0. The zero-order chi connectivity index (χ0) is 14.5. The molecule has 1 amide bonds. The van der Waals surface area contributed by atoms with Crippen molar-refractivity contribution in [1.82, 2.24) is 5.32 Å². The van der Waals surface area contributed by atoms with Crippen molar-refractivity contribution in [3.8, 4) is 0 Å². The molecule has 0 aliphatic heterocycles. The van der Waals surface area contributed by atoms with E-state index in [1.165, 1.54) is 0 Å². The van der Waals surface area contributed by atoms with Crippen LogP contribution in [0.2, 0.25) is 0 Å². The van der Waals surface area contributed by atoms with Crippen LogP contribution in [0.5, 0.6) is 0 Å². The minimum Gasteiger partial charge on any atom is -0.481 e. The number of hydrogen-bond donors (Lipinski definition) is 2. The first-order chi connectivity index (χ1) is 8.80. The molecule has 0 saturated carbocycles. The fraction of sp³-hybridized carbons (Fsp3) is 0.333. The lowest BCUT2D eigenvalue weighted by molar-refractivity contribution is -0.138. The van der Waals surface area contributed by atoms with Crippen molar-refractivity contribution >= 4 is 11.9 Å². The Kier molecular flexibility index (Phi) is 4.87. The highest BCUT2D eigenvalue weighted by atomic mass is 16.4. The monoisotopic (exact) mass is 261 g/mol. The molecule has 2 N–H and O–H groups in total. The quantitative estimate of drug-likeness (QED) is 0.771. The molecule has 0 unspecified atom stereocenters. The van der Waals surface area contributed by atoms with Crippen molar-refractivity contribution in [2.75, 3.05) is 0 Å². The summed E-state index contributed by atoms with van der Waals surface area (Å²) in [7, 11) is 0. The molecule has 1 rings (SSSR count). The number of carbonyl (C=O) groups is 2. The predicted octanol–water partition coefficient (Wildman–Crippen LogP) is 2.15. The van der Waals surface area contributed by atoms with Gasteiger partial charge in [-0.25, -0.2) is 0 Å². The summed E-state index contributed by atoms with van der Waals surface area (Å²) >= 11 is 0. The molecule has 19 heavy (non-hydrogen) atoms. The van der Waals surface area contributed by atoms with Gasteiger partial charge >= 0.3 is 5.97 Å². The Morgan fingerprint density at radius 3 is 2.37 bits per heavy atom. The smallest absolute Gasteiger partial charge is 0.305 e. The lowest BCUT2D eigenvalue weighted by atomic mass is 9.99. The predicted molar refractivity (Wildman–Crippen MR) is 73.8 cm³/mol. The van der Waals surface area contributed by atoms with Crippen LogP contribution in [0.3, 0.4) is 0 Å². The van der Waals surface area contributed by atoms with Crippen LogP contribution in [0.15, 0.2) is 42.5 Å². The van der Waals surface area contributed by atoms with Crippen LogP contribution in [0.25, 0.3) is 0 Å². The molecule has 0 aliphatic carbocycles. The molecule has 0 bridgehead atoms. The van der Waals surface area contributed by atoms with Gasteiger partial charge in [-0.2, -0.15) is 0 Å². The van der Waals surface area contributed by atoms with Crippen LogP contribution in [-0.4, -0.2) is 22.5 Å². The second-order valence-electron chi connectivity index (χ2n) is 5.17. The minimum atomic E-state index is -0.945. The Bertz CT molecular complexity index is 477. The van der Waals surface area contributed by atoms with E-state index in [4.69, 9.17) is 5.11 Å². The Balaban J connectivity index is 2.58. The molecule has 0 fully saturated rings. The van der Waals surface area contributed by atoms with Gasteiger partial charge in [-0.1, -0.05) is 36.9 Å². The number of benzene rings is 1. The molecule has 1 aromatic carbocycles. The molecule has 0 aromatic heterocycles. The molecule has 0 heterocycles. The Hall–Kier alpha value is -2.10. The van der Waals surface area contributed by atoms with Crippen molar-refractivity contribution in [2.45, 2.75) is 32.2 Å². The molecular formula is C15H19NO3. The molecule has 0 saturated heterocycles. The topological polar surface area (TPSA) is 66.4 Å². The number of aliphatic carboxylic acids is 1. The fourth-order valence-corrected chi connectivity index (χ4v) is 1.74. The zero-order valence-corrected chi connectivity index (χ0v) is 11.3. The normalized spacial score (nSPS) is 10.8. The number of rotatable bonds is 6. The first-order valence-corrected chi connectivity index (χ1v) is 6.06. The van der Waals surface area contributed by atoms with Gasteiger partial charge in [0, 0.05) is 17.5 Å². The highest BCUT2D eigenvalue weighted by molar-refractivity contribution is 5.94. The number of amides is 1. The van der Waals surface area contributed by atoms with E-state index in [9.17, 15) is 9.59 Å². The van der Waals surface area contributed by atoms with E-state index in [1.54, 1.807) is 13.8 Å². The van der Waals surface area contributed by atoms with E-state index in [2.05, 4.69) is 11.9 Å². The fourth-order valence-electron chi connectivity index (χ4n) is 1.74. The van der Waals surface area contributed by atoms with E-state index in [-0.39, 0.29) is 12.3 Å². The third-order valence-electron chi connectivity index (χ3n) is 2.63. The minimum absolute atomic E-state index is 0.128. The van der Waals surface area contributed by atoms with Gasteiger partial charge in [-0.3, -0.25) is 9.59 Å². The van der Waals surface area contributed by atoms with Crippen molar-refractivity contribution in [1.29, 1.82) is 0 Å². The second kappa shape index (κ2) is 6.18. The van der Waals surface area contributed by atoms with Crippen LogP contribution in [0.4, 0.5) is 0 Å². The summed E-state index contributed by atoms with van der Waals surface area (Å²) in [5.41, 5.74) is 0.631. The Morgan fingerprint density at radius 2 is 1.84 bits per heavy atom. The lowest BCUT2D eigenvalue weighted by Gasteiger charge is -2.24. The third-order valence-corrected chi connectivity index (χ3v) is 2.63. The highest BCUT2D eigenvalue weighted by Crippen LogP contribution is 2.11. The largest absolute Gasteiger partial charge is 0.481 e. The zero-order valence-electron chi connectivity index (χ0n) is 11.3. The van der Waals surface area contributed by atoms with Gasteiger partial charge in [0.25, 0.3) is 0 Å². The van der Waals surface area contributed by atoms with Gasteiger partial charge in [-0.15, -0.1) is 0 Å². The number of carboxylic acid groups (broad SMARTS) is 1. The van der Waals surface area contributed by atoms with Crippen molar-refractivity contribution in [3.05, 3.63) is 48.0 Å². The van der Waals surface area contributed by atoms with E-state index in [1.807, 2.05) is 30.3 Å². The van der Waals surface area contributed by atoms with E-state index in [0.29, 0.717) is 12.0 Å². The van der Waals surface area contributed by atoms with Gasteiger partial charge < -0.3 is 10.4 Å². The van der Waals surface area contributed by atoms with Crippen LogP contribution < -0.4 is 5.32 Å². The van der Waals surface area contributed by atoms with Crippen LogP contribution in [0.1, 0.15) is 25.8 Å². The molecule has 4 heteroatoms. The molecule has 1 aromatic rings. The molecule has 0 aliphatic rings. The van der Waals surface area contributed by atoms with Gasteiger partial charge in [0.15, 0.2) is 0 Å². The number of nitrogens with one attached hydrogen (secondary N) is 1. The summed E-state index contributed by atoms with van der Waals surface area (Å²) in [4.78, 5) is 22.6. The molecule has 0 spiro atoms. The Labute approximate surface area is 113 Å². The molecular weight excluding hydrogens is 242 g/mol. The molecule has 0 atom stereocenters. The van der Waals surface area contributed by atoms with Gasteiger partial charge in [0.2, 0.25) is 5.91 Å². The van der Waals surface area contributed by atoms with Crippen LogP contribution >= 0.6 is 0 Å². The first-order valence-electron chi connectivity index (χ1n) is 6.06. The maximum atomic E-state index is 11.9. The summed E-state index contributed by atoms with van der Waals surface area (Å²) in [5.74, 6) is -1.26. The highest BCUT2D eigenvalue weighted by Gasteiger charge is 2.24. The molecule has 102 valence electrons. The number of carboxylic acids is 1. The molecule has 4 nitrogen and oxygen atoms in total. The van der Waals surface area contributed by atoms with E-state index < -0.39 is 11.5 Å². The van der Waals surface area contributed by atoms with Gasteiger partial charge in [-0.05, 0) is 19.4 Å². The summed E-state index contributed by atoms with van der Waals surface area (Å²) < 4.78 is 0.